The van der Waals surface area contributed by atoms with E-state index in [0.717, 1.165) is 5.01 Å². The van der Waals surface area contributed by atoms with Gasteiger partial charge in [0.25, 0.3) is 0 Å². The Morgan fingerprint density at radius 3 is 2.18 bits per heavy atom. The number of aryl methyl sites for hydroxylation is 4. The molecule has 2 nitrogen and oxygen atoms in total. The van der Waals surface area contributed by atoms with Gasteiger partial charge in [-0.15, -0.1) is 11.3 Å². The minimum Gasteiger partial charge on any atom is -0.318 e. The molecule has 0 radical (unpaired) electrons. The van der Waals surface area contributed by atoms with Crippen LogP contribution >= 0.6 is 11.3 Å². The van der Waals surface area contributed by atoms with Crippen molar-refractivity contribution in [1.29, 1.82) is 0 Å². The molecule has 0 bridgehead atoms. The molecule has 0 aliphatic heterocycles. The van der Waals surface area contributed by atoms with Gasteiger partial charge in [-0.2, -0.15) is 0 Å². The summed E-state index contributed by atoms with van der Waals surface area (Å²) in [6, 6.07) is 4.26. The molecule has 90 valence electrons. The summed E-state index contributed by atoms with van der Waals surface area (Å²) in [5.74, 6) is 0. The minimum absolute atomic E-state index is 0.103. The van der Waals surface area contributed by atoms with Crippen molar-refractivity contribution in [3.63, 3.8) is 0 Å². The van der Waals surface area contributed by atoms with Crippen LogP contribution in [0.25, 0.3) is 0 Å². The summed E-state index contributed by atoms with van der Waals surface area (Å²) in [7, 11) is 0. The van der Waals surface area contributed by atoms with Crippen LogP contribution in [0.1, 0.15) is 38.2 Å². The van der Waals surface area contributed by atoms with E-state index in [-0.39, 0.29) is 6.04 Å². The van der Waals surface area contributed by atoms with E-state index in [1.54, 1.807) is 11.3 Å². The van der Waals surface area contributed by atoms with Gasteiger partial charge in [-0.1, -0.05) is 17.7 Å². The van der Waals surface area contributed by atoms with Crippen molar-refractivity contribution >= 4 is 11.3 Å². The molecule has 0 spiro atoms. The number of rotatable bonds is 2. The van der Waals surface area contributed by atoms with Gasteiger partial charge in [-0.3, -0.25) is 0 Å². The molecule has 0 saturated heterocycles. The van der Waals surface area contributed by atoms with Crippen molar-refractivity contribution in [3.8, 4) is 0 Å². The van der Waals surface area contributed by atoms with Gasteiger partial charge in [-0.25, -0.2) is 4.98 Å². The van der Waals surface area contributed by atoms with Crippen molar-refractivity contribution in [2.75, 3.05) is 0 Å². The monoisotopic (exact) mass is 246 g/mol. The highest BCUT2D eigenvalue weighted by Crippen LogP contribution is 2.29. The average Bonchev–Trinajstić information content (AvgIpc) is 2.63. The maximum Gasteiger partial charge on any atom is 0.114 e. The molecule has 1 aromatic heterocycles. The number of benzene rings is 1. The molecule has 0 amide bonds. The zero-order valence-corrected chi connectivity index (χ0v) is 11.6. The third-order valence-electron chi connectivity index (χ3n) is 2.95. The SMILES string of the molecule is Cc1cc(C)c(C(N)c2ncc(C)s2)c(C)c1. The molecular formula is C14H18N2S. The molecule has 2 rings (SSSR count). The van der Waals surface area contributed by atoms with E-state index in [4.69, 9.17) is 5.73 Å². The van der Waals surface area contributed by atoms with E-state index in [9.17, 15) is 0 Å². The van der Waals surface area contributed by atoms with Crippen LogP contribution in [-0.4, -0.2) is 4.98 Å². The van der Waals surface area contributed by atoms with Gasteiger partial charge in [0, 0.05) is 11.1 Å². The van der Waals surface area contributed by atoms with Crippen LogP contribution in [0.5, 0.6) is 0 Å². The Hall–Kier alpha value is -1.19. The van der Waals surface area contributed by atoms with Crippen molar-refractivity contribution in [1.82, 2.24) is 4.98 Å². The average molecular weight is 246 g/mol. The lowest BCUT2D eigenvalue weighted by Crippen LogP contribution is -2.14. The number of hydrogen-bond acceptors (Lipinski definition) is 3. The minimum atomic E-state index is -0.103. The zero-order valence-electron chi connectivity index (χ0n) is 10.7. The largest absolute Gasteiger partial charge is 0.318 e. The summed E-state index contributed by atoms with van der Waals surface area (Å²) in [5, 5.41) is 0.998. The maximum absolute atomic E-state index is 6.33. The third-order valence-corrected chi connectivity index (χ3v) is 3.95. The second-order valence-electron chi connectivity index (χ2n) is 4.60. The van der Waals surface area contributed by atoms with Crippen molar-refractivity contribution in [2.24, 2.45) is 5.73 Å². The van der Waals surface area contributed by atoms with Crippen LogP contribution in [0.3, 0.4) is 0 Å². The first-order valence-corrected chi connectivity index (χ1v) is 6.56. The fraction of sp³-hybridized carbons (Fsp3) is 0.357. The molecule has 1 heterocycles. The lowest BCUT2D eigenvalue weighted by molar-refractivity contribution is 0.838. The van der Waals surface area contributed by atoms with Crippen molar-refractivity contribution in [3.05, 3.63) is 50.5 Å². The van der Waals surface area contributed by atoms with Crippen LogP contribution in [0.4, 0.5) is 0 Å². The Morgan fingerprint density at radius 1 is 1.12 bits per heavy atom. The quantitative estimate of drug-likeness (QED) is 0.881. The van der Waals surface area contributed by atoms with Crippen molar-refractivity contribution in [2.45, 2.75) is 33.7 Å². The lowest BCUT2D eigenvalue weighted by atomic mass is 9.95. The van der Waals surface area contributed by atoms with E-state index < -0.39 is 0 Å². The summed E-state index contributed by atoms with van der Waals surface area (Å²) < 4.78 is 0. The number of nitrogens with zero attached hydrogens (tertiary/aromatic N) is 1. The predicted molar refractivity (Wildman–Crippen MR) is 73.5 cm³/mol. The number of hydrogen-bond donors (Lipinski definition) is 1. The standard InChI is InChI=1S/C14H18N2S/c1-8-5-9(2)12(10(3)6-8)13(15)14-16-7-11(4)17-14/h5-7,13H,15H2,1-4H3. The highest BCUT2D eigenvalue weighted by molar-refractivity contribution is 7.11. The lowest BCUT2D eigenvalue weighted by Gasteiger charge is -2.16. The number of thiazole rings is 1. The number of nitrogens with two attached hydrogens (primary N) is 1. The third kappa shape index (κ3) is 2.40. The van der Waals surface area contributed by atoms with Crippen LogP contribution in [0.2, 0.25) is 0 Å². The molecule has 1 unspecified atom stereocenters. The Morgan fingerprint density at radius 2 is 1.71 bits per heavy atom. The van der Waals surface area contributed by atoms with Crippen LogP contribution in [-0.2, 0) is 0 Å². The fourth-order valence-corrected chi connectivity index (χ4v) is 3.11. The van der Waals surface area contributed by atoms with Gasteiger partial charge < -0.3 is 5.73 Å². The Bertz CT molecular complexity index is 520. The summed E-state index contributed by atoms with van der Waals surface area (Å²) in [4.78, 5) is 5.60. The van der Waals surface area contributed by atoms with Gasteiger partial charge in [0.15, 0.2) is 0 Å². The molecule has 3 heteroatoms. The molecule has 0 fully saturated rings. The number of aromatic nitrogens is 1. The van der Waals surface area contributed by atoms with E-state index in [0.29, 0.717) is 0 Å². The van der Waals surface area contributed by atoms with E-state index in [1.165, 1.54) is 27.1 Å². The maximum atomic E-state index is 6.33. The first-order chi connectivity index (χ1) is 7.99. The molecule has 2 aromatic rings. The summed E-state index contributed by atoms with van der Waals surface area (Å²) in [6.07, 6.45) is 1.89. The van der Waals surface area contributed by atoms with Gasteiger partial charge in [-0.05, 0) is 44.4 Å². The van der Waals surface area contributed by atoms with Gasteiger partial charge >= 0.3 is 0 Å². The first-order valence-electron chi connectivity index (χ1n) is 5.74. The topological polar surface area (TPSA) is 38.9 Å². The normalized spacial score (nSPS) is 12.8. The van der Waals surface area contributed by atoms with E-state index in [1.807, 2.05) is 6.20 Å². The second-order valence-corrected chi connectivity index (χ2v) is 5.87. The summed E-state index contributed by atoms with van der Waals surface area (Å²) in [5.41, 5.74) is 11.3. The second kappa shape index (κ2) is 4.59. The molecule has 17 heavy (non-hydrogen) atoms. The van der Waals surface area contributed by atoms with Crippen molar-refractivity contribution < 1.29 is 0 Å². The summed E-state index contributed by atoms with van der Waals surface area (Å²) >= 11 is 1.68. The van der Waals surface area contributed by atoms with Crippen LogP contribution in [0, 0.1) is 27.7 Å². The van der Waals surface area contributed by atoms with Gasteiger partial charge in [0.05, 0.1) is 6.04 Å². The fourth-order valence-electron chi connectivity index (χ4n) is 2.32. The van der Waals surface area contributed by atoms with Crippen LogP contribution < -0.4 is 5.73 Å². The molecule has 1 atom stereocenters. The molecule has 2 N–H and O–H groups in total. The zero-order chi connectivity index (χ0) is 12.6. The van der Waals surface area contributed by atoms with E-state index >= 15 is 0 Å². The molecule has 0 aliphatic carbocycles. The highest BCUT2D eigenvalue weighted by Gasteiger charge is 2.17. The smallest absolute Gasteiger partial charge is 0.114 e. The van der Waals surface area contributed by atoms with E-state index in [2.05, 4.69) is 44.8 Å². The van der Waals surface area contributed by atoms with Gasteiger partial charge in [0.2, 0.25) is 0 Å². The Balaban J connectivity index is 2.47. The van der Waals surface area contributed by atoms with Crippen LogP contribution in [0.15, 0.2) is 18.3 Å². The molecule has 1 aromatic carbocycles. The molecular weight excluding hydrogens is 228 g/mol. The van der Waals surface area contributed by atoms with Gasteiger partial charge in [0.1, 0.15) is 5.01 Å². The Labute approximate surface area is 107 Å². The predicted octanol–water partition coefficient (Wildman–Crippen LogP) is 3.42. The highest BCUT2D eigenvalue weighted by atomic mass is 32.1. The molecule has 0 aliphatic rings. The Kier molecular flexibility index (Phi) is 3.31. The first kappa shape index (κ1) is 12.3. The molecule has 0 saturated carbocycles. The summed E-state index contributed by atoms with van der Waals surface area (Å²) in [6.45, 7) is 8.41.